The Morgan fingerprint density at radius 3 is 1.89 bits per heavy atom. The van der Waals surface area contributed by atoms with E-state index in [2.05, 4.69) is 0 Å². The summed E-state index contributed by atoms with van der Waals surface area (Å²) in [6.45, 7) is 0. The summed E-state index contributed by atoms with van der Waals surface area (Å²) in [5.41, 5.74) is 0. The van der Waals surface area contributed by atoms with Gasteiger partial charge in [0.05, 0.1) is 0 Å². The van der Waals surface area contributed by atoms with Gasteiger partial charge < -0.3 is 0 Å². The molecule has 0 aliphatic heterocycles. The molecule has 0 fully saturated rings. The van der Waals surface area contributed by atoms with Crippen molar-refractivity contribution < 1.29 is 3.50 Å². The van der Waals surface area contributed by atoms with Gasteiger partial charge in [0.15, 0.2) is 0 Å². The first-order valence-electron chi connectivity index (χ1n) is 3.14. The predicted octanol–water partition coefficient (Wildman–Crippen LogP) is 2.66. The summed E-state index contributed by atoms with van der Waals surface area (Å²) in [4.78, 5) is 0. The van der Waals surface area contributed by atoms with E-state index >= 15 is 0 Å². The van der Waals surface area contributed by atoms with E-state index in [0.29, 0.717) is 0 Å². The summed E-state index contributed by atoms with van der Waals surface area (Å²) in [5, 5.41) is 0. The Balaban J connectivity index is 2.64. The van der Waals surface area contributed by atoms with Gasteiger partial charge in [-0.25, -0.2) is 0 Å². The Kier molecular flexibility index (Phi) is 1.80. The molecule has 0 spiro atoms. The van der Waals surface area contributed by atoms with Gasteiger partial charge in [0.25, 0.3) is 0 Å². The molecule has 0 bridgehead atoms. The van der Waals surface area contributed by atoms with Gasteiger partial charge >= 0.3 is 57.8 Å². The molecule has 0 unspecified atom stereocenters. The third-order valence-corrected chi connectivity index (χ3v) is 5.67. The van der Waals surface area contributed by atoms with Crippen molar-refractivity contribution in [2.45, 2.75) is 16.3 Å². The van der Waals surface area contributed by atoms with Crippen LogP contribution in [0.3, 0.4) is 0 Å². The van der Waals surface area contributed by atoms with Crippen LogP contribution in [-0.4, -0.2) is 13.7 Å². The molecule has 0 saturated heterocycles. The van der Waals surface area contributed by atoms with E-state index in [4.69, 9.17) is 0 Å². The van der Waals surface area contributed by atoms with Crippen LogP contribution in [0.2, 0.25) is 16.3 Å². The molecule has 0 heterocycles. The topological polar surface area (TPSA) is 0 Å². The number of hydrogen-bond acceptors (Lipinski definition) is 0. The average molecular weight is 187 g/mol. The van der Waals surface area contributed by atoms with Crippen molar-refractivity contribution in [2.24, 2.45) is 0 Å². The van der Waals surface area contributed by atoms with Gasteiger partial charge in [-0.15, -0.1) is 0 Å². The summed E-state index contributed by atoms with van der Waals surface area (Å²) in [7, 11) is 0. The average Bonchev–Trinajstić information content (AvgIpc) is 2.08. The van der Waals surface area contributed by atoms with E-state index in [1.807, 2.05) is 24.3 Å². The molecule has 0 N–H and O–H groups in total. The molecule has 50 valence electrons. The molecule has 0 radical (unpaired) electrons. The molecule has 0 nitrogen and oxygen atoms in total. The fourth-order valence-electron chi connectivity index (χ4n) is 0.890. The summed E-state index contributed by atoms with van der Waals surface area (Å²) in [5.74, 6) is 3.56. The van der Waals surface area contributed by atoms with Crippen LogP contribution < -0.4 is 0 Å². The van der Waals surface area contributed by atoms with Crippen LogP contribution in [-0.2, 0) is 0 Å². The van der Waals surface area contributed by atoms with Crippen molar-refractivity contribution in [2.75, 3.05) is 0 Å². The van der Waals surface area contributed by atoms with Gasteiger partial charge in [0.2, 0.25) is 0 Å². The van der Waals surface area contributed by atoms with Crippen LogP contribution in [0, 0.1) is 0 Å². The Morgan fingerprint density at radius 2 is 1.67 bits per heavy atom. The van der Waals surface area contributed by atoms with Crippen molar-refractivity contribution in [3.63, 3.8) is 0 Å². The van der Waals surface area contributed by atoms with Gasteiger partial charge in [0.1, 0.15) is 0 Å². The molecule has 9 heavy (non-hydrogen) atoms. The van der Waals surface area contributed by atoms with Gasteiger partial charge in [-0.2, -0.15) is 0 Å². The maximum absolute atomic E-state index is 13.2. The molecule has 2 heteroatoms. The Hall–Kier alpha value is -0.0471. The summed E-state index contributed by atoms with van der Waals surface area (Å²) >= 11 is -2.85. The molecule has 1 rings (SSSR count). The number of halogens is 1. The molecule has 0 saturated carbocycles. The Labute approximate surface area is 58.3 Å². The van der Waals surface area contributed by atoms with Crippen LogP contribution in [0.25, 0.3) is 0 Å². The number of allylic oxidation sites excluding steroid dienone is 4. The van der Waals surface area contributed by atoms with Crippen molar-refractivity contribution >= 4 is 13.7 Å². The zero-order valence-electron chi connectivity index (χ0n) is 5.76. The monoisotopic (exact) mass is 188 g/mol. The summed E-state index contributed by atoms with van der Waals surface area (Å²) < 4.78 is 13.4. The van der Waals surface area contributed by atoms with E-state index in [1.165, 1.54) is 0 Å². The van der Waals surface area contributed by atoms with Crippen LogP contribution in [0.1, 0.15) is 0 Å². The quantitative estimate of drug-likeness (QED) is 0.553. The van der Waals surface area contributed by atoms with E-state index < -0.39 is 13.7 Å². The van der Waals surface area contributed by atoms with E-state index in [-0.39, 0.29) is 4.75 Å². The second kappa shape index (κ2) is 2.29. The molecule has 0 atom stereocenters. The van der Waals surface area contributed by atoms with E-state index in [0.717, 1.165) is 0 Å². The zero-order chi connectivity index (χ0) is 6.91. The van der Waals surface area contributed by atoms with Gasteiger partial charge in [-0.05, 0) is 0 Å². The summed E-state index contributed by atoms with van der Waals surface area (Å²) in [6, 6.07) is 0. The van der Waals surface area contributed by atoms with Crippen LogP contribution >= 0.6 is 0 Å². The number of hydrogen-bond donors (Lipinski definition) is 0. The van der Waals surface area contributed by atoms with Gasteiger partial charge in [-0.3, -0.25) is 0 Å². The Morgan fingerprint density at radius 1 is 1.22 bits per heavy atom. The first-order chi connectivity index (χ1) is 4.11. The minimum absolute atomic E-state index is 0.171. The normalized spacial score (nSPS) is 19.4. The maximum atomic E-state index is 13.2. The second-order valence-corrected chi connectivity index (χ2v) is 10.8. The molecule has 0 aromatic heterocycles. The predicted molar refractivity (Wildman–Crippen MR) is 40.6 cm³/mol. The van der Waals surface area contributed by atoms with Gasteiger partial charge in [-0.1, -0.05) is 0 Å². The molecule has 1 aliphatic rings. The van der Waals surface area contributed by atoms with Crippen molar-refractivity contribution in [3.05, 3.63) is 24.3 Å². The second-order valence-electron chi connectivity index (χ2n) is 2.86. The van der Waals surface area contributed by atoms with Crippen LogP contribution in [0.5, 0.6) is 0 Å². The fourth-order valence-corrected chi connectivity index (χ4v) is 3.28. The molecular formula is C7H11FGe. The molecular weight excluding hydrogens is 176 g/mol. The third-order valence-electron chi connectivity index (χ3n) is 1.54. The van der Waals surface area contributed by atoms with Crippen LogP contribution in [0.15, 0.2) is 24.3 Å². The first kappa shape index (κ1) is 7.06. The first-order valence-corrected chi connectivity index (χ1v) is 9.34. The van der Waals surface area contributed by atoms with E-state index in [1.54, 1.807) is 11.5 Å². The number of rotatable bonds is 1. The molecule has 1 aliphatic carbocycles. The molecule has 0 amide bonds. The SMILES string of the molecule is [CH3][Ge]([CH3])([F])[CH]1C=CC=C1. The van der Waals surface area contributed by atoms with Crippen molar-refractivity contribution in [3.8, 4) is 0 Å². The summed E-state index contributed by atoms with van der Waals surface area (Å²) in [6.07, 6.45) is 7.77. The zero-order valence-corrected chi connectivity index (χ0v) is 7.86. The van der Waals surface area contributed by atoms with E-state index in [9.17, 15) is 3.50 Å². The Bertz CT molecular complexity index is 141. The minimum atomic E-state index is -2.85. The molecule has 0 aromatic rings. The van der Waals surface area contributed by atoms with Crippen molar-refractivity contribution in [1.82, 2.24) is 0 Å². The molecule has 0 aromatic carbocycles. The standard InChI is InChI=1S/C7H11FGe/c1-9(2,8)7-5-3-4-6-7/h3-7H,1-2H3. The van der Waals surface area contributed by atoms with Gasteiger partial charge in [0, 0.05) is 0 Å². The third kappa shape index (κ3) is 1.68. The van der Waals surface area contributed by atoms with Crippen molar-refractivity contribution in [1.29, 1.82) is 0 Å². The fraction of sp³-hybridized carbons (Fsp3) is 0.429. The van der Waals surface area contributed by atoms with Crippen LogP contribution in [0.4, 0.5) is 3.50 Å².